The van der Waals surface area contributed by atoms with Crippen LogP contribution < -0.4 is 10.9 Å². The zero-order valence-corrected chi connectivity index (χ0v) is 14.8. The molecule has 5 heteroatoms. The molecule has 0 aliphatic rings. The fourth-order valence-electron chi connectivity index (χ4n) is 2.77. The number of benzene rings is 2. The zero-order chi connectivity index (χ0) is 17.6. The molecule has 1 atom stereocenters. The second-order valence-electron chi connectivity index (χ2n) is 5.82. The van der Waals surface area contributed by atoms with Crippen LogP contribution in [0.15, 0.2) is 71.7 Å². The number of rotatable bonds is 6. The van der Waals surface area contributed by atoms with Gasteiger partial charge in [-0.05, 0) is 24.1 Å². The van der Waals surface area contributed by atoms with Crippen LogP contribution in [-0.2, 0) is 0 Å². The highest BCUT2D eigenvalue weighted by molar-refractivity contribution is 6.33. The average molecular weight is 354 g/mol. The second-order valence-corrected chi connectivity index (χ2v) is 6.20. The van der Waals surface area contributed by atoms with E-state index in [0.717, 1.165) is 18.4 Å². The van der Waals surface area contributed by atoms with Crippen LogP contribution in [0.4, 0.5) is 5.69 Å². The largest absolute Gasteiger partial charge is 0.376 e. The van der Waals surface area contributed by atoms with Crippen LogP contribution in [0.2, 0.25) is 5.02 Å². The summed E-state index contributed by atoms with van der Waals surface area (Å²) in [5, 5.41) is 7.80. The average Bonchev–Trinajstić information content (AvgIpc) is 2.66. The van der Waals surface area contributed by atoms with E-state index < -0.39 is 0 Å². The molecule has 1 aromatic heterocycles. The Hall–Kier alpha value is -2.59. The molecule has 1 N–H and O–H groups in total. The van der Waals surface area contributed by atoms with Gasteiger partial charge in [0.05, 0.1) is 23.6 Å². The van der Waals surface area contributed by atoms with Gasteiger partial charge in [-0.2, -0.15) is 9.78 Å². The van der Waals surface area contributed by atoms with E-state index in [-0.39, 0.29) is 16.6 Å². The third-order valence-electron chi connectivity index (χ3n) is 4.03. The minimum Gasteiger partial charge on any atom is -0.376 e. The van der Waals surface area contributed by atoms with Crippen molar-refractivity contribution in [1.82, 2.24) is 9.78 Å². The molecule has 0 unspecified atom stereocenters. The first-order valence-corrected chi connectivity index (χ1v) is 8.73. The molecule has 0 amide bonds. The van der Waals surface area contributed by atoms with Gasteiger partial charge in [0.2, 0.25) is 0 Å². The van der Waals surface area contributed by atoms with Gasteiger partial charge in [0.1, 0.15) is 5.02 Å². The molecule has 2 aromatic carbocycles. The van der Waals surface area contributed by atoms with E-state index in [9.17, 15) is 4.79 Å². The normalized spacial score (nSPS) is 11.9. The molecule has 0 spiro atoms. The molecule has 1 heterocycles. The van der Waals surface area contributed by atoms with Crippen molar-refractivity contribution in [1.29, 1.82) is 0 Å². The maximum Gasteiger partial charge on any atom is 0.292 e. The lowest BCUT2D eigenvalue weighted by atomic mass is 10.0. The lowest BCUT2D eigenvalue weighted by molar-refractivity contribution is 0.675. The fourth-order valence-corrected chi connectivity index (χ4v) is 2.95. The van der Waals surface area contributed by atoms with Crippen molar-refractivity contribution in [2.24, 2.45) is 0 Å². The van der Waals surface area contributed by atoms with E-state index in [1.165, 1.54) is 4.68 Å². The zero-order valence-electron chi connectivity index (χ0n) is 14.0. The lowest BCUT2D eigenvalue weighted by Gasteiger charge is -2.20. The van der Waals surface area contributed by atoms with Gasteiger partial charge in [0.15, 0.2) is 0 Å². The summed E-state index contributed by atoms with van der Waals surface area (Å²) in [6, 6.07) is 19.5. The lowest BCUT2D eigenvalue weighted by Crippen LogP contribution is -2.23. The Balaban J connectivity index is 1.92. The molecule has 4 nitrogen and oxygen atoms in total. The summed E-state index contributed by atoms with van der Waals surface area (Å²) in [5.41, 5.74) is 2.07. The van der Waals surface area contributed by atoms with Crippen LogP contribution in [0, 0.1) is 0 Å². The molecule has 128 valence electrons. The second kappa shape index (κ2) is 7.99. The molecular weight excluding hydrogens is 334 g/mol. The Labute approximate surface area is 152 Å². The minimum absolute atomic E-state index is 0.0810. The molecule has 0 radical (unpaired) electrons. The van der Waals surface area contributed by atoms with E-state index in [2.05, 4.69) is 29.5 Å². The summed E-state index contributed by atoms with van der Waals surface area (Å²) in [5.74, 6) is 0. The van der Waals surface area contributed by atoms with Crippen molar-refractivity contribution in [3.8, 4) is 5.69 Å². The molecule has 0 fully saturated rings. The highest BCUT2D eigenvalue weighted by Crippen LogP contribution is 2.26. The van der Waals surface area contributed by atoms with Gasteiger partial charge in [-0.1, -0.05) is 73.5 Å². The third kappa shape index (κ3) is 3.91. The number of anilines is 1. The van der Waals surface area contributed by atoms with Gasteiger partial charge < -0.3 is 5.32 Å². The number of nitrogens with zero attached hydrogens (tertiary/aromatic N) is 2. The summed E-state index contributed by atoms with van der Waals surface area (Å²) in [6.07, 6.45) is 3.56. The minimum atomic E-state index is -0.332. The molecule has 25 heavy (non-hydrogen) atoms. The van der Waals surface area contributed by atoms with E-state index in [0.29, 0.717) is 11.4 Å². The number of nitrogens with one attached hydrogen (secondary N) is 1. The summed E-state index contributed by atoms with van der Waals surface area (Å²) < 4.78 is 1.31. The molecule has 0 saturated carbocycles. The van der Waals surface area contributed by atoms with Crippen LogP contribution in [0.3, 0.4) is 0 Å². The monoisotopic (exact) mass is 353 g/mol. The first-order chi connectivity index (χ1) is 12.2. The van der Waals surface area contributed by atoms with Crippen molar-refractivity contribution in [3.63, 3.8) is 0 Å². The number of para-hydroxylation sites is 1. The topological polar surface area (TPSA) is 46.9 Å². The van der Waals surface area contributed by atoms with Gasteiger partial charge in [0.25, 0.3) is 5.56 Å². The first kappa shape index (κ1) is 17.2. The van der Waals surface area contributed by atoms with Crippen molar-refractivity contribution in [2.75, 3.05) is 5.32 Å². The Kier molecular flexibility index (Phi) is 5.51. The van der Waals surface area contributed by atoms with Crippen LogP contribution in [0.25, 0.3) is 5.69 Å². The highest BCUT2D eigenvalue weighted by atomic mass is 35.5. The smallest absolute Gasteiger partial charge is 0.292 e. The van der Waals surface area contributed by atoms with Crippen molar-refractivity contribution < 1.29 is 0 Å². The van der Waals surface area contributed by atoms with Crippen LogP contribution in [0.5, 0.6) is 0 Å². The van der Waals surface area contributed by atoms with Crippen molar-refractivity contribution in [2.45, 2.75) is 25.8 Å². The van der Waals surface area contributed by atoms with E-state index in [1.54, 1.807) is 6.20 Å². The predicted molar refractivity (Wildman–Crippen MR) is 103 cm³/mol. The van der Waals surface area contributed by atoms with Gasteiger partial charge in [-0.15, -0.1) is 0 Å². The van der Waals surface area contributed by atoms with Crippen molar-refractivity contribution >= 4 is 17.3 Å². The summed E-state index contributed by atoms with van der Waals surface area (Å²) in [6.45, 7) is 2.13. The molecule has 0 aliphatic heterocycles. The van der Waals surface area contributed by atoms with Crippen LogP contribution in [0.1, 0.15) is 31.4 Å². The number of aromatic nitrogens is 2. The number of hydrogen-bond acceptors (Lipinski definition) is 3. The Morgan fingerprint density at radius 3 is 2.36 bits per heavy atom. The molecule has 3 rings (SSSR count). The van der Waals surface area contributed by atoms with E-state index in [4.69, 9.17) is 11.6 Å². The van der Waals surface area contributed by atoms with E-state index >= 15 is 0 Å². The molecular formula is C20H20ClN3O. The van der Waals surface area contributed by atoms with E-state index in [1.807, 2.05) is 48.5 Å². The summed E-state index contributed by atoms with van der Waals surface area (Å²) in [7, 11) is 0. The Morgan fingerprint density at radius 2 is 1.72 bits per heavy atom. The quantitative estimate of drug-likeness (QED) is 0.689. The van der Waals surface area contributed by atoms with Crippen LogP contribution in [-0.4, -0.2) is 9.78 Å². The highest BCUT2D eigenvalue weighted by Gasteiger charge is 2.15. The van der Waals surface area contributed by atoms with Gasteiger partial charge in [0, 0.05) is 0 Å². The SMILES string of the molecule is CCC[C@H](Nc1cnn(-c2ccccc2)c(=O)c1Cl)c1ccccc1. The number of hydrogen-bond donors (Lipinski definition) is 1. The molecule has 0 aliphatic carbocycles. The molecule has 3 aromatic rings. The third-order valence-corrected chi connectivity index (χ3v) is 4.39. The Morgan fingerprint density at radius 1 is 1.08 bits per heavy atom. The maximum absolute atomic E-state index is 12.6. The van der Waals surface area contributed by atoms with Gasteiger partial charge in [-0.3, -0.25) is 4.79 Å². The Bertz CT molecular complexity index is 878. The maximum atomic E-state index is 12.6. The van der Waals surface area contributed by atoms with Gasteiger partial charge >= 0.3 is 0 Å². The molecule has 0 saturated heterocycles. The molecule has 0 bridgehead atoms. The standard InChI is InChI=1S/C20H20ClN3O/c1-2-9-17(15-10-5-3-6-11-15)23-18-14-22-24(20(25)19(18)21)16-12-7-4-8-13-16/h3-8,10-14,17,23H,2,9H2,1H3/t17-/m0/s1. The van der Waals surface area contributed by atoms with Crippen LogP contribution >= 0.6 is 11.6 Å². The summed E-state index contributed by atoms with van der Waals surface area (Å²) >= 11 is 6.34. The van der Waals surface area contributed by atoms with Crippen molar-refractivity contribution in [3.05, 3.63) is 87.8 Å². The van der Waals surface area contributed by atoms with Gasteiger partial charge in [-0.25, -0.2) is 0 Å². The first-order valence-electron chi connectivity index (χ1n) is 8.35. The summed E-state index contributed by atoms with van der Waals surface area (Å²) in [4.78, 5) is 12.6. The predicted octanol–water partition coefficient (Wildman–Crippen LogP) is 4.84. The number of halogens is 1. The fraction of sp³-hybridized carbons (Fsp3) is 0.200.